The Morgan fingerprint density at radius 2 is 1.10 bits per heavy atom. The van der Waals surface area contributed by atoms with Crippen LogP contribution in [0.2, 0.25) is 0 Å². The number of nitrogens with two attached hydrogens (primary N) is 2. The molecule has 4 atom stereocenters. The average Bonchev–Trinajstić information content (AvgIpc) is 3.06. The van der Waals surface area contributed by atoms with E-state index in [1.807, 2.05) is 19.9 Å². The van der Waals surface area contributed by atoms with E-state index in [4.69, 9.17) is 11.5 Å². The number of benzene rings is 3. The van der Waals surface area contributed by atoms with Crippen molar-refractivity contribution in [1.29, 1.82) is 0 Å². The number of hydrogen-bond donors (Lipinski definition) is 8. The van der Waals surface area contributed by atoms with Crippen LogP contribution in [-0.2, 0) is 43.2 Å². The van der Waals surface area contributed by atoms with Crippen LogP contribution in [0, 0.1) is 19.8 Å². The number of primary amides is 1. The molecule has 3 aromatic carbocycles. The zero-order chi connectivity index (χ0) is 37.0. The number of aromatic hydroxyl groups is 2. The molecule has 0 aromatic heterocycles. The van der Waals surface area contributed by atoms with E-state index in [2.05, 4.69) is 21.3 Å². The molecule has 0 aliphatic heterocycles. The Balaban J connectivity index is 1.96. The van der Waals surface area contributed by atoms with Crippen molar-refractivity contribution in [3.05, 3.63) is 94.5 Å². The number of phenolic OH excluding ortho intramolecular Hbond substituents is 2. The second kappa shape index (κ2) is 18.4. The predicted octanol–water partition coefficient (Wildman–Crippen LogP) is 1.17. The summed E-state index contributed by atoms with van der Waals surface area (Å²) in [5.74, 6) is -3.22. The first-order valence-electron chi connectivity index (χ1n) is 16.5. The molecule has 50 heavy (non-hydrogen) atoms. The van der Waals surface area contributed by atoms with E-state index in [0.29, 0.717) is 22.3 Å². The standard InChI is InChI=1S/C37H48N6O7/c1-21(2)14-29(40-32(45)20-38)35(48)42-30(18-25-10-12-27(44)13-11-25)37(50)43-31(19-26-15-22(3)33(46)23(4)16-26)36(49)41-28(34(39)47)17-24-8-6-5-7-9-24/h5-13,15-16,21,28-31,44,46H,14,17-20,38H2,1-4H3,(H2,39,47)(H,40,45)(H,41,49)(H,42,48)(H,43,50). The maximum Gasteiger partial charge on any atom is 0.243 e. The van der Waals surface area contributed by atoms with Crippen LogP contribution >= 0.6 is 0 Å². The Morgan fingerprint density at radius 1 is 0.640 bits per heavy atom. The van der Waals surface area contributed by atoms with Crippen LogP contribution in [-0.4, -0.2) is 70.5 Å². The first-order valence-corrected chi connectivity index (χ1v) is 16.5. The van der Waals surface area contributed by atoms with Gasteiger partial charge in [0.1, 0.15) is 35.7 Å². The maximum atomic E-state index is 14.1. The highest BCUT2D eigenvalue weighted by atomic mass is 16.3. The van der Waals surface area contributed by atoms with Crippen molar-refractivity contribution in [2.45, 2.75) is 77.5 Å². The number of carbonyl (C=O) groups excluding carboxylic acids is 5. The Kier molecular flexibility index (Phi) is 14.3. The van der Waals surface area contributed by atoms with Gasteiger partial charge in [0.25, 0.3) is 0 Å². The number of nitrogens with one attached hydrogen (secondary N) is 4. The summed E-state index contributed by atoms with van der Waals surface area (Å²) in [5.41, 5.74) is 14.3. The lowest BCUT2D eigenvalue weighted by atomic mass is 9.98. The van der Waals surface area contributed by atoms with Crippen LogP contribution in [0.4, 0.5) is 0 Å². The molecule has 0 radical (unpaired) electrons. The highest BCUT2D eigenvalue weighted by molar-refractivity contribution is 5.95. The van der Waals surface area contributed by atoms with Crippen molar-refractivity contribution in [3.8, 4) is 11.5 Å². The highest BCUT2D eigenvalue weighted by Gasteiger charge is 2.32. The van der Waals surface area contributed by atoms with Gasteiger partial charge in [0.15, 0.2) is 0 Å². The van der Waals surface area contributed by atoms with Gasteiger partial charge in [-0.15, -0.1) is 0 Å². The Morgan fingerprint density at radius 3 is 1.60 bits per heavy atom. The quantitative estimate of drug-likeness (QED) is 0.102. The van der Waals surface area contributed by atoms with Crippen LogP contribution in [0.15, 0.2) is 66.7 Å². The van der Waals surface area contributed by atoms with Gasteiger partial charge < -0.3 is 42.9 Å². The van der Waals surface area contributed by atoms with E-state index in [0.717, 1.165) is 5.56 Å². The van der Waals surface area contributed by atoms with Crippen molar-refractivity contribution in [2.75, 3.05) is 6.54 Å². The van der Waals surface area contributed by atoms with E-state index in [9.17, 15) is 34.2 Å². The fraction of sp³-hybridized carbons (Fsp3) is 0.378. The SMILES string of the molecule is Cc1cc(CC(NC(=O)C(Cc2ccc(O)cc2)NC(=O)C(CC(C)C)NC(=O)CN)C(=O)NC(Cc2ccccc2)C(N)=O)cc(C)c1O. The maximum absolute atomic E-state index is 14.1. The van der Waals surface area contributed by atoms with Crippen molar-refractivity contribution in [2.24, 2.45) is 17.4 Å². The molecule has 0 aliphatic carbocycles. The molecule has 268 valence electrons. The fourth-order valence-electron chi connectivity index (χ4n) is 5.53. The number of phenols is 2. The molecule has 0 saturated heterocycles. The minimum absolute atomic E-state index is 0.00702. The smallest absolute Gasteiger partial charge is 0.243 e. The second-order valence-electron chi connectivity index (χ2n) is 12.9. The number of hydrogen-bond acceptors (Lipinski definition) is 8. The highest BCUT2D eigenvalue weighted by Crippen LogP contribution is 2.24. The second-order valence-corrected chi connectivity index (χ2v) is 12.9. The van der Waals surface area contributed by atoms with Gasteiger partial charge in [-0.05, 0) is 66.1 Å². The Labute approximate surface area is 292 Å². The minimum Gasteiger partial charge on any atom is -0.508 e. The third-order valence-electron chi connectivity index (χ3n) is 8.12. The molecule has 0 fully saturated rings. The number of carbonyl (C=O) groups is 5. The lowest BCUT2D eigenvalue weighted by molar-refractivity contribution is -0.134. The summed E-state index contributed by atoms with van der Waals surface area (Å²) in [5, 5.41) is 30.9. The number of aryl methyl sites for hydroxylation is 2. The predicted molar refractivity (Wildman–Crippen MR) is 189 cm³/mol. The fourth-order valence-corrected chi connectivity index (χ4v) is 5.53. The zero-order valence-electron chi connectivity index (χ0n) is 28.9. The number of rotatable bonds is 17. The van der Waals surface area contributed by atoms with E-state index >= 15 is 0 Å². The monoisotopic (exact) mass is 688 g/mol. The molecule has 4 unspecified atom stereocenters. The summed E-state index contributed by atoms with van der Waals surface area (Å²) in [7, 11) is 0. The lowest BCUT2D eigenvalue weighted by Gasteiger charge is -2.27. The summed E-state index contributed by atoms with van der Waals surface area (Å²) < 4.78 is 0. The molecule has 3 rings (SSSR count). The molecule has 0 aliphatic rings. The largest absolute Gasteiger partial charge is 0.508 e. The molecule has 5 amide bonds. The molecule has 0 saturated carbocycles. The molecule has 0 spiro atoms. The van der Waals surface area contributed by atoms with E-state index < -0.39 is 53.7 Å². The lowest BCUT2D eigenvalue weighted by Crippen LogP contribution is -2.59. The van der Waals surface area contributed by atoms with Crippen molar-refractivity contribution < 1.29 is 34.2 Å². The van der Waals surface area contributed by atoms with Crippen LogP contribution < -0.4 is 32.7 Å². The first-order chi connectivity index (χ1) is 23.7. The molecular formula is C37H48N6O7. The van der Waals surface area contributed by atoms with Crippen LogP contribution in [0.5, 0.6) is 11.5 Å². The molecule has 0 heterocycles. The Hall–Kier alpha value is -5.43. The summed E-state index contributed by atoms with van der Waals surface area (Å²) in [6, 6.07) is 13.9. The molecule has 13 nitrogen and oxygen atoms in total. The van der Waals surface area contributed by atoms with Crippen molar-refractivity contribution in [3.63, 3.8) is 0 Å². The van der Waals surface area contributed by atoms with Gasteiger partial charge in [0.05, 0.1) is 6.54 Å². The zero-order valence-corrected chi connectivity index (χ0v) is 28.9. The Bertz CT molecular complexity index is 1620. The van der Waals surface area contributed by atoms with Gasteiger partial charge >= 0.3 is 0 Å². The minimum atomic E-state index is -1.24. The number of amides is 5. The summed E-state index contributed by atoms with van der Waals surface area (Å²) in [6.45, 7) is 6.85. The van der Waals surface area contributed by atoms with Gasteiger partial charge in [0.2, 0.25) is 29.5 Å². The summed E-state index contributed by atoms with van der Waals surface area (Å²) in [6.07, 6.45) is 0.330. The topological polar surface area (TPSA) is 226 Å². The molecule has 0 bridgehead atoms. The van der Waals surface area contributed by atoms with Crippen molar-refractivity contribution in [1.82, 2.24) is 21.3 Å². The van der Waals surface area contributed by atoms with E-state index in [-0.39, 0.29) is 49.6 Å². The van der Waals surface area contributed by atoms with Crippen LogP contribution in [0.25, 0.3) is 0 Å². The third-order valence-corrected chi connectivity index (χ3v) is 8.12. The first kappa shape index (κ1) is 39.0. The van der Waals surface area contributed by atoms with E-state index in [1.165, 1.54) is 12.1 Å². The molecular weight excluding hydrogens is 640 g/mol. The van der Waals surface area contributed by atoms with Gasteiger partial charge in [-0.3, -0.25) is 24.0 Å². The van der Waals surface area contributed by atoms with Crippen molar-refractivity contribution >= 4 is 29.5 Å². The average molecular weight is 689 g/mol. The summed E-state index contributed by atoms with van der Waals surface area (Å²) in [4.78, 5) is 66.1. The molecule has 10 N–H and O–H groups in total. The normalized spacial score (nSPS) is 13.4. The molecule has 3 aromatic rings. The van der Waals surface area contributed by atoms with Crippen LogP contribution in [0.1, 0.15) is 48.1 Å². The van der Waals surface area contributed by atoms with Gasteiger partial charge in [0, 0.05) is 19.3 Å². The van der Waals surface area contributed by atoms with Gasteiger partial charge in [-0.25, -0.2) is 0 Å². The van der Waals surface area contributed by atoms with E-state index in [1.54, 1.807) is 62.4 Å². The summed E-state index contributed by atoms with van der Waals surface area (Å²) >= 11 is 0. The van der Waals surface area contributed by atoms with Gasteiger partial charge in [-0.2, -0.15) is 0 Å². The van der Waals surface area contributed by atoms with Crippen LogP contribution in [0.3, 0.4) is 0 Å². The molecule has 13 heteroatoms. The van der Waals surface area contributed by atoms with Gasteiger partial charge in [-0.1, -0.05) is 68.4 Å². The third kappa shape index (κ3) is 11.9.